The summed E-state index contributed by atoms with van der Waals surface area (Å²) in [5.41, 5.74) is -0.362. The number of urea groups is 1. The van der Waals surface area contributed by atoms with Crippen LogP contribution in [0.15, 0.2) is 0 Å². The van der Waals surface area contributed by atoms with Gasteiger partial charge in [0.05, 0.1) is 12.1 Å². The highest BCUT2D eigenvalue weighted by molar-refractivity contribution is 5.97. The standard InChI is InChI=1S/C15H29N3O3/c1-6-21-12-8-7-9-18(10-12)11(2)13(19)16-14(20)17-15(3,4)5/h11-12H,6-10H2,1-5H3,(H2,16,17,19,20). The lowest BCUT2D eigenvalue weighted by Crippen LogP contribution is -2.55. The smallest absolute Gasteiger partial charge is 0.321 e. The molecule has 0 bridgehead atoms. The first kappa shape index (κ1) is 17.9. The van der Waals surface area contributed by atoms with Crippen molar-refractivity contribution in [3.05, 3.63) is 0 Å². The third-order valence-corrected chi connectivity index (χ3v) is 3.46. The number of hydrogen-bond acceptors (Lipinski definition) is 4. The van der Waals surface area contributed by atoms with Crippen molar-refractivity contribution in [3.63, 3.8) is 0 Å². The number of imide groups is 1. The van der Waals surface area contributed by atoms with E-state index in [4.69, 9.17) is 4.74 Å². The molecule has 2 N–H and O–H groups in total. The van der Waals surface area contributed by atoms with Gasteiger partial charge in [-0.15, -0.1) is 0 Å². The summed E-state index contributed by atoms with van der Waals surface area (Å²) in [6, 6.07) is -0.781. The van der Waals surface area contributed by atoms with Crippen molar-refractivity contribution in [1.82, 2.24) is 15.5 Å². The predicted octanol–water partition coefficient (Wildman–Crippen LogP) is 1.50. The van der Waals surface area contributed by atoms with Gasteiger partial charge in [0.15, 0.2) is 0 Å². The zero-order valence-corrected chi connectivity index (χ0v) is 13.9. The van der Waals surface area contributed by atoms with Gasteiger partial charge in [-0.25, -0.2) is 4.79 Å². The zero-order chi connectivity index (χ0) is 16.0. The SMILES string of the molecule is CCOC1CCCN(C(C)C(=O)NC(=O)NC(C)(C)C)C1. The van der Waals surface area contributed by atoms with E-state index < -0.39 is 6.03 Å². The van der Waals surface area contributed by atoms with Gasteiger partial charge in [-0.3, -0.25) is 15.0 Å². The fourth-order valence-electron chi connectivity index (χ4n) is 2.44. The van der Waals surface area contributed by atoms with E-state index in [0.717, 1.165) is 25.9 Å². The van der Waals surface area contributed by atoms with Crippen molar-refractivity contribution in [1.29, 1.82) is 0 Å². The van der Waals surface area contributed by atoms with Crippen LogP contribution in [0.5, 0.6) is 0 Å². The van der Waals surface area contributed by atoms with E-state index in [9.17, 15) is 9.59 Å². The lowest BCUT2D eigenvalue weighted by molar-refractivity contribution is -0.126. The average Bonchev–Trinajstić information content (AvgIpc) is 2.36. The Bertz CT molecular complexity index is 364. The molecule has 3 amide bonds. The lowest BCUT2D eigenvalue weighted by Gasteiger charge is -2.35. The fraction of sp³-hybridized carbons (Fsp3) is 0.867. The Kier molecular flexibility index (Phi) is 6.61. The van der Waals surface area contributed by atoms with E-state index in [0.29, 0.717) is 6.61 Å². The van der Waals surface area contributed by atoms with Crippen LogP contribution in [0.3, 0.4) is 0 Å². The molecule has 2 atom stereocenters. The molecule has 6 heteroatoms. The quantitative estimate of drug-likeness (QED) is 0.825. The van der Waals surface area contributed by atoms with Crippen LogP contribution < -0.4 is 10.6 Å². The Balaban J connectivity index is 2.48. The number of likely N-dealkylation sites (tertiary alicyclic amines) is 1. The van der Waals surface area contributed by atoms with Crippen molar-refractivity contribution in [2.75, 3.05) is 19.7 Å². The van der Waals surface area contributed by atoms with Gasteiger partial charge in [-0.05, 0) is 54.0 Å². The largest absolute Gasteiger partial charge is 0.377 e. The van der Waals surface area contributed by atoms with E-state index in [1.54, 1.807) is 0 Å². The molecule has 0 spiro atoms. The zero-order valence-electron chi connectivity index (χ0n) is 13.9. The number of nitrogens with one attached hydrogen (secondary N) is 2. The van der Waals surface area contributed by atoms with E-state index >= 15 is 0 Å². The highest BCUT2D eigenvalue weighted by Gasteiger charge is 2.28. The number of amides is 3. The Morgan fingerprint density at radius 1 is 1.38 bits per heavy atom. The molecular weight excluding hydrogens is 270 g/mol. The molecule has 0 aromatic heterocycles. The summed E-state index contributed by atoms with van der Waals surface area (Å²) in [4.78, 5) is 26.0. The van der Waals surface area contributed by atoms with Crippen LogP contribution in [-0.4, -0.2) is 54.2 Å². The first-order valence-electron chi connectivity index (χ1n) is 7.71. The molecule has 2 unspecified atom stereocenters. The van der Waals surface area contributed by atoms with Crippen LogP contribution in [0.2, 0.25) is 0 Å². The van der Waals surface area contributed by atoms with E-state index in [-0.39, 0.29) is 23.6 Å². The summed E-state index contributed by atoms with van der Waals surface area (Å²) < 4.78 is 5.64. The molecule has 1 aliphatic heterocycles. The number of piperidine rings is 1. The minimum absolute atomic E-state index is 0.183. The van der Waals surface area contributed by atoms with Gasteiger partial charge < -0.3 is 10.1 Å². The second kappa shape index (κ2) is 7.75. The number of nitrogens with zero attached hydrogens (tertiary/aromatic N) is 1. The molecule has 0 radical (unpaired) electrons. The van der Waals surface area contributed by atoms with Gasteiger partial charge in [0.2, 0.25) is 5.91 Å². The summed E-state index contributed by atoms with van der Waals surface area (Å²) in [6.45, 7) is 11.7. The Morgan fingerprint density at radius 2 is 2.05 bits per heavy atom. The van der Waals surface area contributed by atoms with E-state index in [1.165, 1.54) is 0 Å². The summed E-state index contributed by atoms with van der Waals surface area (Å²) in [7, 11) is 0. The maximum Gasteiger partial charge on any atom is 0.321 e. The second-order valence-corrected chi connectivity index (χ2v) is 6.58. The van der Waals surface area contributed by atoms with Crippen molar-refractivity contribution in [2.24, 2.45) is 0 Å². The lowest BCUT2D eigenvalue weighted by atomic mass is 10.1. The van der Waals surface area contributed by atoms with Crippen LogP contribution in [0.25, 0.3) is 0 Å². The van der Waals surface area contributed by atoms with Crippen LogP contribution >= 0.6 is 0 Å². The molecule has 21 heavy (non-hydrogen) atoms. The number of hydrogen-bond donors (Lipinski definition) is 2. The first-order chi connectivity index (χ1) is 9.73. The molecule has 0 aromatic carbocycles. The van der Waals surface area contributed by atoms with Gasteiger partial charge in [-0.2, -0.15) is 0 Å². The van der Waals surface area contributed by atoms with Crippen LogP contribution in [0.1, 0.15) is 47.5 Å². The predicted molar refractivity (Wildman–Crippen MR) is 82.1 cm³/mol. The normalized spacial score (nSPS) is 21.7. The third kappa shape index (κ3) is 6.44. The molecular formula is C15H29N3O3. The van der Waals surface area contributed by atoms with Gasteiger partial charge in [0, 0.05) is 18.7 Å². The average molecular weight is 299 g/mol. The van der Waals surface area contributed by atoms with Crippen LogP contribution in [0.4, 0.5) is 4.79 Å². The topological polar surface area (TPSA) is 70.7 Å². The molecule has 0 saturated carbocycles. The molecule has 1 heterocycles. The Morgan fingerprint density at radius 3 is 2.62 bits per heavy atom. The molecule has 1 saturated heterocycles. The Hall–Kier alpha value is -1.14. The summed E-state index contributed by atoms with van der Waals surface area (Å²) >= 11 is 0. The molecule has 6 nitrogen and oxygen atoms in total. The molecule has 0 aliphatic carbocycles. The Labute approximate surface area is 127 Å². The van der Waals surface area contributed by atoms with Gasteiger partial charge in [-0.1, -0.05) is 0 Å². The van der Waals surface area contributed by atoms with Gasteiger partial charge in [0.1, 0.15) is 0 Å². The minimum atomic E-state index is -0.447. The summed E-state index contributed by atoms with van der Waals surface area (Å²) in [5, 5.41) is 5.13. The van der Waals surface area contributed by atoms with E-state index in [2.05, 4.69) is 15.5 Å². The minimum Gasteiger partial charge on any atom is -0.377 e. The highest BCUT2D eigenvalue weighted by atomic mass is 16.5. The number of carbonyl (C=O) groups is 2. The molecule has 1 aliphatic rings. The summed E-state index contributed by atoms with van der Waals surface area (Å²) in [5.74, 6) is -0.270. The molecule has 122 valence electrons. The third-order valence-electron chi connectivity index (χ3n) is 3.46. The fourth-order valence-corrected chi connectivity index (χ4v) is 2.44. The van der Waals surface area contributed by atoms with Crippen molar-refractivity contribution in [2.45, 2.75) is 65.1 Å². The number of rotatable bonds is 4. The van der Waals surface area contributed by atoms with Crippen molar-refractivity contribution < 1.29 is 14.3 Å². The van der Waals surface area contributed by atoms with Gasteiger partial charge >= 0.3 is 6.03 Å². The van der Waals surface area contributed by atoms with Crippen molar-refractivity contribution >= 4 is 11.9 Å². The summed E-state index contributed by atoms with van der Waals surface area (Å²) in [6.07, 6.45) is 2.22. The van der Waals surface area contributed by atoms with E-state index in [1.807, 2.05) is 34.6 Å². The maximum absolute atomic E-state index is 12.1. The molecule has 0 aromatic rings. The monoisotopic (exact) mass is 299 g/mol. The highest BCUT2D eigenvalue weighted by Crippen LogP contribution is 2.15. The first-order valence-corrected chi connectivity index (χ1v) is 7.71. The maximum atomic E-state index is 12.1. The van der Waals surface area contributed by atoms with Crippen LogP contribution in [0, 0.1) is 0 Å². The van der Waals surface area contributed by atoms with Crippen molar-refractivity contribution in [3.8, 4) is 0 Å². The molecule has 1 rings (SSSR count). The molecule has 1 fully saturated rings. The second-order valence-electron chi connectivity index (χ2n) is 6.58. The van der Waals surface area contributed by atoms with Gasteiger partial charge in [0.25, 0.3) is 0 Å². The van der Waals surface area contributed by atoms with Crippen LogP contribution in [-0.2, 0) is 9.53 Å². The number of ether oxygens (including phenoxy) is 1. The number of carbonyl (C=O) groups excluding carboxylic acids is 2.